The summed E-state index contributed by atoms with van der Waals surface area (Å²) in [5.74, 6) is -2.58. The van der Waals surface area contributed by atoms with E-state index in [9.17, 15) is 18.8 Å². The molecule has 0 atom stereocenters. The number of nitrogens with zero attached hydrogens (tertiary/aromatic N) is 1. The Morgan fingerprint density at radius 2 is 1.71 bits per heavy atom. The maximum Gasteiger partial charge on any atom is 0.329 e. The van der Waals surface area contributed by atoms with Gasteiger partial charge in [0.05, 0.1) is 19.0 Å². The van der Waals surface area contributed by atoms with E-state index in [1.165, 1.54) is 31.5 Å². The highest BCUT2D eigenvalue weighted by molar-refractivity contribution is 6.39. The molecule has 3 amide bonds. The predicted molar refractivity (Wildman–Crippen MR) is 129 cm³/mol. The Balaban J connectivity index is 1.52. The van der Waals surface area contributed by atoms with Gasteiger partial charge in [0.2, 0.25) is 0 Å². The summed E-state index contributed by atoms with van der Waals surface area (Å²) >= 11 is 5.82. The first kappa shape index (κ1) is 25.2. The minimum absolute atomic E-state index is 0.126. The third-order valence-corrected chi connectivity index (χ3v) is 4.63. The smallest absolute Gasteiger partial charge is 0.329 e. The summed E-state index contributed by atoms with van der Waals surface area (Å²) in [5.41, 5.74) is 3.01. The van der Waals surface area contributed by atoms with Gasteiger partial charge in [-0.25, -0.2) is 9.82 Å². The number of benzene rings is 3. The van der Waals surface area contributed by atoms with Crippen LogP contribution in [0.4, 0.5) is 15.8 Å². The van der Waals surface area contributed by atoms with Crippen LogP contribution in [0.25, 0.3) is 0 Å². The fraction of sp³-hybridized carbons (Fsp3) is 0.0833. The molecule has 11 heteroatoms. The molecule has 3 aromatic rings. The second kappa shape index (κ2) is 12.1. The van der Waals surface area contributed by atoms with Gasteiger partial charge in [0.25, 0.3) is 5.91 Å². The molecule has 0 heterocycles. The van der Waals surface area contributed by atoms with E-state index in [-0.39, 0.29) is 18.2 Å². The van der Waals surface area contributed by atoms with E-state index < -0.39 is 17.6 Å². The summed E-state index contributed by atoms with van der Waals surface area (Å²) in [6.07, 6.45) is 1.27. The van der Waals surface area contributed by atoms with Crippen LogP contribution >= 0.6 is 11.6 Å². The summed E-state index contributed by atoms with van der Waals surface area (Å²) in [5, 5.41) is 9.09. The van der Waals surface area contributed by atoms with Gasteiger partial charge in [0.1, 0.15) is 5.82 Å². The number of carbonyl (C=O) groups is 3. The number of para-hydroxylation sites is 1. The monoisotopic (exact) mass is 498 g/mol. The highest BCUT2D eigenvalue weighted by Crippen LogP contribution is 2.27. The fourth-order valence-corrected chi connectivity index (χ4v) is 2.84. The van der Waals surface area contributed by atoms with Crippen LogP contribution in [0.2, 0.25) is 5.02 Å². The maximum atomic E-state index is 13.6. The number of nitrogens with one attached hydrogen (secondary N) is 3. The molecule has 0 fully saturated rings. The Morgan fingerprint density at radius 1 is 0.971 bits per heavy atom. The summed E-state index contributed by atoms with van der Waals surface area (Å²) in [7, 11) is 1.42. The normalized spacial score (nSPS) is 10.5. The van der Waals surface area contributed by atoms with E-state index >= 15 is 0 Å². The van der Waals surface area contributed by atoms with Crippen molar-refractivity contribution in [2.45, 2.75) is 0 Å². The molecule has 3 rings (SSSR count). The Labute approximate surface area is 204 Å². The second-order valence-corrected chi connectivity index (χ2v) is 7.32. The zero-order valence-electron chi connectivity index (χ0n) is 18.4. The number of hydrogen-bond donors (Lipinski definition) is 3. The lowest BCUT2D eigenvalue weighted by molar-refractivity contribution is -0.136. The molecule has 180 valence electrons. The third kappa shape index (κ3) is 7.54. The van der Waals surface area contributed by atoms with E-state index in [4.69, 9.17) is 21.1 Å². The molecule has 0 aliphatic rings. The summed E-state index contributed by atoms with van der Waals surface area (Å²) in [6, 6.07) is 16.8. The maximum absolute atomic E-state index is 13.6. The second-order valence-electron chi connectivity index (χ2n) is 6.89. The van der Waals surface area contributed by atoms with Crippen molar-refractivity contribution < 1.29 is 28.2 Å². The van der Waals surface area contributed by atoms with Gasteiger partial charge in [-0.1, -0.05) is 23.7 Å². The SMILES string of the molecule is COc1cc(/C=N\NC(=O)C(=O)Nc2ccccc2F)ccc1OCC(=O)Nc1ccc(Cl)cc1. The molecule has 0 aliphatic heterocycles. The van der Waals surface area contributed by atoms with Crippen molar-refractivity contribution in [1.29, 1.82) is 0 Å². The number of ether oxygens (including phenoxy) is 2. The summed E-state index contributed by atoms with van der Waals surface area (Å²) < 4.78 is 24.4. The quantitative estimate of drug-likeness (QED) is 0.249. The van der Waals surface area contributed by atoms with Gasteiger partial charge >= 0.3 is 11.8 Å². The Morgan fingerprint density at radius 3 is 2.43 bits per heavy atom. The number of hydrogen-bond acceptors (Lipinski definition) is 6. The van der Waals surface area contributed by atoms with Gasteiger partial charge in [-0.3, -0.25) is 14.4 Å². The van der Waals surface area contributed by atoms with Gasteiger partial charge in [0.15, 0.2) is 18.1 Å². The van der Waals surface area contributed by atoms with E-state index in [1.807, 2.05) is 0 Å². The van der Waals surface area contributed by atoms with E-state index in [0.29, 0.717) is 27.8 Å². The molecular weight excluding hydrogens is 479 g/mol. The Hall–Kier alpha value is -4.44. The molecule has 9 nitrogen and oxygen atoms in total. The molecule has 3 N–H and O–H groups in total. The van der Waals surface area contributed by atoms with E-state index in [2.05, 4.69) is 21.2 Å². The summed E-state index contributed by atoms with van der Waals surface area (Å²) in [6.45, 7) is -0.264. The van der Waals surface area contributed by atoms with Crippen molar-refractivity contribution >= 4 is 46.9 Å². The van der Waals surface area contributed by atoms with Gasteiger partial charge in [0, 0.05) is 10.7 Å². The van der Waals surface area contributed by atoms with Crippen molar-refractivity contribution in [3.63, 3.8) is 0 Å². The van der Waals surface area contributed by atoms with Gasteiger partial charge < -0.3 is 20.1 Å². The number of anilines is 2. The van der Waals surface area contributed by atoms with Crippen LogP contribution in [0, 0.1) is 5.82 Å². The minimum atomic E-state index is -1.08. The van der Waals surface area contributed by atoms with Crippen molar-refractivity contribution in [2.75, 3.05) is 24.4 Å². The van der Waals surface area contributed by atoms with Gasteiger partial charge in [-0.2, -0.15) is 5.10 Å². The molecule has 0 unspecified atom stereocenters. The fourth-order valence-electron chi connectivity index (χ4n) is 2.72. The zero-order valence-corrected chi connectivity index (χ0v) is 19.1. The number of methoxy groups -OCH3 is 1. The molecule has 35 heavy (non-hydrogen) atoms. The van der Waals surface area contributed by atoms with Crippen LogP contribution in [-0.2, 0) is 14.4 Å². The molecule has 0 bridgehead atoms. The number of halogens is 2. The molecule has 0 radical (unpaired) electrons. The lowest BCUT2D eigenvalue weighted by Crippen LogP contribution is -2.32. The largest absolute Gasteiger partial charge is 0.493 e. The van der Waals surface area contributed by atoms with E-state index in [1.54, 1.807) is 42.5 Å². The number of hydrazone groups is 1. The molecule has 3 aromatic carbocycles. The van der Waals surface area contributed by atoms with Crippen molar-refractivity contribution in [2.24, 2.45) is 5.10 Å². The van der Waals surface area contributed by atoms with Crippen molar-refractivity contribution in [1.82, 2.24) is 5.43 Å². The molecule has 0 aromatic heterocycles. The zero-order chi connectivity index (χ0) is 25.2. The first-order chi connectivity index (χ1) is 16.9. The number of amides is 3. The van der Waals surface area contributed by atoms with Crippen molar-refractivity contribution in [3.05, 3.63) is 83.1 Å². The van der Waals surface area contributed by atoms with Crippen LogP contribution < -0.4 is 25.5 Å². The first-order valence-corrected chi connectivity index (χ1v) is 10.5. The van der Waals surface area contributed by atoms with Crippen LogP contribution in [0.5, 0.6) is 11.5 Å². The molecule has 0 spiro atoms. The lowest BCUT2D eigenvalue weighted by atomic mass is 10.2. The van der Waals surface area contributed by atoms with Crippen LogP contribution in [0.3, 0.4) is 0 Å². The predicted octanol–water partition coefficient (Wildman–Crippen LogP) is 3.59. The third-order valence-electron chi connectivity index (χ3n) is 4.38. The van der Waals surface area contributed by atoms with Crippen molar-refractivity contribution in [3.8, 4) is 11.5 Å². The van der Waals surface area contributed by atoms with E-state index in [0.717, 1.165) is 6.07 Å². The molecule has 0 saturated carbocycles. The lowest BCUT2D eigenvalue weighted by Gasteiger charge is -2.11. The standard InChI is InChI=1S/C24H20ClFN4O5/c1-34-21-12-15(13-27-30-24(33)23(32)29-19-5-3-2-4-18(19)26)6-11-20(21)35-14-22(31)28-17-9-7-16(25)8-10-17/h2-13H,14H2,1H3,(H,28,31)(H,29,32)(H,30,33)/b27-13-. The van der Waals surface area contributed by atoms with Crippen LogP contribution in [-0.4, -0.2) is 37.7 Å². The highest BCUT2D eigenvalue weighted by atomic mass is 35.5. The number of rotatable bonds is 8. The average molecular weight is 499 g/mol. The van der Waals surface area contributed by atoms with Gasteiger partial charge in [-0.15, -0.1) is 0 Å². The van der Waals surface area contributed by atoms with Crippen LogP contribution in [0.1, 0.15) is 5.56 Å². The highest BCUT2D eigenvalue weighted by Gasteiger charge is 2.15. The topological polar surface area (TPSA) is 118 Å². The number of carbonyl (C=O) groups excluding carboxylic acids is 3. The summed E-state index contributed by atoms with van der Waals surface area (Å²) in [4.78, 5) is 35.9. The molecule has 0 saturated heterocycles. The average Bonchev–Trinajstić information content (AvgIpc) is 2.85. The molecular formula is C24H20ClFN4O5. The Kier molecular flexibility index (Phi) is 8.74. The van der Waals surface area contributed by atoms with Crippen LogP contribution in [0.15, 0.2) is 71.8 Å². The molecule has 0 aliphatic carbocycles. The Bertz CT molecular complexity index is 1250. The minimum Gasteiger partial charge on any atom is -0.493 e. The van der Waals surface area contributed by atoms with Gasteiger partial charge in [-0.05, 0) is 60.2 Å². The first-order valence-electron chi connectivity index (χ1n) is 10.1.